The van der Waals surface area contributed by atoms with Gasteiger partial charge in [0.1, 0.15) is 5.82 Å². The number of nitrogens with zero attached hydrogens (tertiary/aromatic N) is 3. The molecule has 9 atom stereocenters. The van der Waals surface area contributed by atoms with Gasteiger partial charge in [-0.1, -0.05) is 65.6 Å². The number of rotatable bonds is 9. The van der Waals surface area contributed by atoms with E-state index in [-0.39, 0.29) is 0 Å². The molecule has 0 aliphatic heterocycles. The Bertz CT molecular complexity index is 985. The lowest BCUT2D eigenvalue weighted by Crippen LogP contribution is -2.56. The zero-order chi connectivity index (χ0) is 28.0. The third-order valence-corrected chi connectivity index (χ3v) is 13.7. The summed E-state index contributed by atoms with van der Waals surface area (Å²) in [5, 5.41) is 12.6. The van der Waals surface area contributed by atoms with E-state index >= 15 is 0 Å². The van der Waals surface area contributed by atoms with Gasteiger partial charge < -0.3 is 10.0 Å². The Morgan fingerprint density at radius 2 is 1.74 bits per heavy atom. The topological polar surface area (TPSA) is 49.3 Å². The first-order valence-corrected chi connectivity index (χ1v) is 17.3. The molecule has 0 bridgehead atoms. The van der Waals surface area contributed by atoms with E-state index in [1.165, 1.54) is 64.2 Å². The number of hydrogen-bond acceptors (Lipinski definition) is 5. The van der Waals surface area contributed by atoms with Crippen molar-refractivity contribution in [2.45, 2.75) is 122 Å². The van der Waals surface area contributed by atoms with E-state index in [1.807, 2.05) is 31.3 Å². The van der Waals surface area contributed by atoms with Crippen molar-refractivity contribution in [3.63, 3.8) is 0 Å². The van der Waals surface area contributed by atoms with Gasteiger partial charge in [0.05, 0.1) is 5.60 Å². The minimum atomic E-state index is -0.591. The summed E-state index contributed by atoms with van der Waals surface area (Å²) in [6.45, 7) is 12.7. The van der Waals surface area contributed by atoms with Crippen molar-refractivity contribution in [1.29, 1.82) is 0 Å². The molecule has 0 aromatic carbocycles. The van der Waals surface area contributed by atoms with E-state index in [2.05, 4.69) is 44.6 Å². The van der Waals surface area contributed by atoms with Gasteiger partial charge in [0.25, 0.3) is 0 Å². The zero-order valence-corrected chi connectivity index (χ0v) is 26.9. The molecule has 4 saturated carbocycles. The molecule has 5 heteroatoms. The lowest BCUT2D eigenvalue weighted by molar-refractivity contribution is -0.146. The summed E-state index contributed by atoms with van der Waals surface area (Å²) in [6, 6.07) is 1.94. The summed E-state index contributed by atoms with van der Waals surface area (Å²) in [7, 11) is 4.02. The van der Waals surface area contributed by atoms with Gasteiger partial charge in [0, 0.05) is 26.0 Å². The molecular weight excluding hydrogens is 498 g/mol. The average Bonchev–Trinajstić information content (AvgIpc) is 3.25. The molecule has 4 nitrogen and oxygen atoms in total. The quantitative estimate of drug-likeness (QED) is 0.244. The first-order valence-electron chi connectivity index (χ1n) is 16.3. The smallest absolute Gasteiger partial charge is 0.189 e. The number of fused-ring (bicyclic) bond motifs is 5. The fraction of sp³-hybridized carbons (Fsp3) is 0.882. The highest BCUT2D eigenvalue weighted by Crippen LogP contribution is 2.69. The summed E-state index contributed by atoms with van der Waals surface area (Å²) < 4.78 is 0. The number of anilines is 1. The van der Waals surface area contributed by atoms with E-state index in [4.69, 9.17) is 0 Å². The maximum Gasteiger partial charge on any atom is 0.189 e. The van der Waals surface area contributed by atoms with Crippen LogP contribution in [0, 0.1) is 52.3 Å². The van der Waals surface area contributed by atoms with Gasteiger partial charge in [-0.2, -0.15) is 0 Å². The standard InChI is InChI=1S/C34H57N3OS/c1-23(2)9-8-10-24(3)27-13-14-28-26-12-11-25-21-34(38,22-39-31-35-20-16-30(36-31)37(6)7)19-18-32(25,4)29(26)15-17-33(27,28)5/h16,20,23-29,38H,8-15,17-19,21-22H2,1-7H3/t24-,25+,26?,27-,28?,29?,32+,33-,34-/m1/s1. The second-order valence-electron chi connectivity index (χ2n) is 15.5. The second kappa shape index (κ2) is 11.5. The van der Waals surface area contributed by atoms with Crippen molar-refractivity contribution in [3.05, 3.63) is 12.3 Å². The number of thioether (sulfide) groups is 1. The second-order valence-corrected chi connectivity index (χ2v) is 16.4. The molecule has 1 aromatic rings. The van der Waals surface area contributed by atoms with Crippen molar-refractivity contribution in [2.24, 2.45) is 52.3 Å². The maximum absolute atomic E-state index is 11.8. The van der Waals surface area contributed by atoms with Crippen LogP contribution in [0.3, 0.4) is 0 Å². The molecule has 220 valence electrons. The van der Waals surface area contributed by atoms with Crippen LogP contribution in [0.4, 0.5) is 5.82 Å². The van der Waals surface area contributed by atoms with Crippen LogP contribution in [0.5, 0.6) is 0 Å². The molecule has 4 fully saturated rings. The lowest BCUT2D eigenvalue weighted by Gasteiger charge is -2.62. The zero-order valence-electron chi connectivity index (χ0n) is 26.1. The van der Waals surface area contributed by atoms with Crippen molar-refractivity contribution in [3.8, 4) is 0 Å². The molecule has 4 aliphatic carbocycles. The monoisotopic (exact) mass is 555 g/mol. The van der Waals surface area contributed by atoms with E-state index in [0.717, 1.165) is 59.3 Å². The Hall–Kier alpha value is -0.810. The van der Waals surface area contributed by atoms with E-state index in [0.29, 0.717) is 22.5 Å². The third-order valence-electron chi connectivity index (χ3n) is 12.6. The molecular formula is C34H57N3OS. The fourth-order valence-corrected chi connectivity index (χ4v) is 11.3. The SMILES string of the molecule is CC(C)CCC[C@@H](C)[C@H]1CCC2C3CC[C@H]4C[C@@](O)(CSc5nccc(N(C)C)n5)CC[C@]4(C)C3CC[C@@]21C. The van der Waals surface area contributed by atoms with Crippen LogP contribution < -0.4 is 4.90 Å². The van der Waals surface area contributed by atoms with Crippen LogP contribution in [-0.2, 0) is 0 Å². The summed E-state index contributed by atoms with van der Waals surface area (Å²) in [5.74, 6) is 7.66. The van der Waals surface area contributed by atoms with Crippen molar-refractivity contribution >= 4 is 17.6 Å². The first-order chi connectivity index (χ1) is 18.4. The molecule has 4 aliphatic rings. The number of hydrogen-bond donors (Lipinski definition) is 1. The third kappa shape index (κ3) is 5.79. The summed E-state index contributed by atoms with van der Waals surface area (Å²) >= 11 is 1.64. The molecule has 0 radical (unpaired) electrons. The van der Waals surface area contributed by atoms with Crippen LogP contribution >= 0.6 is 11.8 Å². The predicted molar refractivity (Wildman–Crippen MR) is 165 cm³/mol. The number of aliphatic hydroxyl groups is 1. The van der Waals surface area contributed by atoms with Crippen LogP contribution in [0.1, 0.15) is 112 Å². The highest BCUT2D eigenvalue weighted by Gasteiger charge is 2.61. The van der Waals surface area contributed by atoms with E-state index in [9.17, 15) is 5.11 Å². The van der Waals surface area contributed by atoms with Gasteiger partial charge in [0.15, 0.2) is 5.16 Å². The minimum Gasteiger partial charge on any atom is -0.389 e. The van der Waals surface area contributed by atoms with E-state index in [1.54, 1.807) is 11.8 Å². The summed E-state index contributed by atoms with van der Waals surface area (Å²) in [4.78, 5) is 11.2. The molecule has 0 spiro atoms. The van der Waals surface area contributed by atoms with Crippen LogP contribution in [0.25, 0.3) is 0 Å². The normalized spacial score (nSPS) is 40.6. The van der Waals surface area contributed by atoms with Gasteiger partial charge in [-0.25, -0.2) is 9.97 Å². The maximum atomic E-state index is 11.8. The van der Waals surface area contributed by atoms with Gasteiger partial charge in [-0.15, -0.1) is 0 Å². The molecule has 5 rings (SSSR count). The number of aromatic nitrogens is 2. The van der Waals surface area contributed by atoms with Crippen molar-refractivity contribution in [2.75, 3.05) is 24.7 Å². The molecule has 1 aromatic heterocycles. The Morgan fingerprint density at radius 3 is 2.49 bits per heavy atom. The van der Waals surface area contributed by atoms with Crippen molar-refractivity contribution < 1.29 is 5.11 Å². The first kappa shape index (κ1) is 29.7. The largest absolute Gasteiger partial charge is 0.389 e. The van der Waals surface area contributed by atoms with Gasteiger partial charge in [-0.05, 0) is 116 Å². The predicted octanol–water partition coefficient (Wildman–Crippen LogP) is 8.49. The Kier molecular flexibility index (Phi) is 8.72. The Morgan fingerprint density at radius 1 is 0.974 bits per heavy atom. The highest BCUT2D eigenvalue weighted by molar-refractivity contribution is 7.99. The summed E-state index contributed by atoms with van der Waals surface area (Å²) in [6.07, 6.45) is 17.7. The highest BCUT2D eigenvalue weighted by atomic mass is 32.2. The molecule has 39 heavy (non-hydrogen) atoms. The van der Waals surface area contributed by atoms with Crippen LogP contribution in [-0.4, -0.2) is 40.5 Å². The molecule has 0 saturated heterocycles. The molecule has 1 N–H and O–H groups in total. The van der Waals surface area contributed by atoms with Gasteiger partial charge >= 0.3 is 0 Å². The van der Waals surface area contributed by atoms with E-state index < -0.39 is 5.60 Å². The molecule has 3 unspecified atom stereocenters. The molecule has 0 amide bonds. The average molecular weight is 556 g/mol. The van der Waals surface area contributed by atoms with Gasteiger partial charge in [0.2, 0.25) is 0 Å². The fourth-order valence-electron chi connectivity index (χ4n) is 10.3. The van der Waals surface area contributed by atoms with Crippen molar-refractivity contribution in [1.82, 2.24) is 9.97 Å². The van der Waals surface area contributed by atoms with Crippen LogP contribution in [0.15, 0.2) is 17.4 Å². The minimum absolute atomic E-state index is 0.406. The van der Waals surface area contributed by atoms with Gasteiger partial charge in [-0.3, -0.25) is 0 Å². The Balaban J connectivity index is 1.22. The van der Waals surface area contributed by atoms with Crippen LogP contribution in [0.2, 0.25) is 0 Å². The summed E-state index contributed by atoms with van der Waals surface area (Å²) in [5.41, 5.74) is 0.379. The lowest BCUT2D eigenvalue weighted by atomic mass is 9.43. The Labute approximate surface area is 243 Å². The molecule has 1 heterocycles.